The lowest BCUT2D eigenvalue weighted by Crippen LogP contribution is -2.12. The Morgan fingerprint density at radius 2 is 2.17 bits per heavy atom. The number of aromatic nitrogens is 1. The van der Waals surface area contributed by atoms with E-state index in [1.807, 2.05) is 0 Å². The Labute approximate surface area is 68.2 Å². The molecule has 0 radical (unpaired) electrons. The number of hydrogen-bond donors (Lipinski definition) is 0. The van der Waals surface area contributed by atoms with E-state index >= 15 is 0 Å². The lowest BCUT2D eigenvalue weighted by atomic mass is 10.2. The van der Waals surface area contributed by atoms with Crippen LogP contribution in [0.3, 0.4) is 0 Å². The Balaban J connectivity index is 2.96. The minimum absolute atomic E-state index is 0.176. The van der Waals surface area contributed by atoms with E-state index in [2.05, 4.69) is 4.98 Å². The zero-order valence-electron chi connectivity index (χ0n) is 6.42. The molecule has 0 aliphatic carbocycles. The van der Waals surface area contributed by atoms with E-state index in [1.165, 1.54) is 12.1 Å². The fourth-order valence-corrected chi connectivity index (χ4v) is 0.792. The van der Waals surface area contributed by atoms with Crippen LogP contribution in [0.15, 0.2) is 18.2 Å². The molecule has 1 rings (SSSR count). The van der Waals surface area contributed by atoms with Gasteiger partial charge in [0, 0.05) is 5.69 Å². The van der Waals surface area contributed by atoms with Crippen LogP contribution in [0.4, 0.5) is 8.78 Å². The molecule has 0 aliphatic heterocycles. The van der Waals surface area contributed by atoms with E-state index in [0.717, 1.165) is 0 Å². The first-order valence-electron chi connectivity index (χ1n) is 3.37. The molecule has 1 heterocycles. The van der Waals surface area contributed by atoms with E-state index in [0.29, 0.717) is 5.69 Å². The van der Waals surface area contributed by atoms with Crippen molar-refractivity contribution in [3.63, 3.8) is 0 Å². The summed E-state index contributed by atoms with van der Waals surface area (Å²) in [6, 6.07) is 4.45. The predicted octanol–water partition coefficient (Wildman–Crippen LogP) is 1.84. The van der Waals surface area contributed by atoms with Gasteiger partial charge in [-0.15, -0.1) is 0 Å². The largest absolute Gasteiger partial charge is 0.302 e. The van der Waals surface area contributed by atoms with Crippen LogP contribution in [-0.2, 0) is 0 Å². The fourth-order valence-electron chi connectivity index (χ4n) is 0.792. The summed E-state index contributed by atoms with van der Waals surface area (Å²) in [6.45, 7) is 1.64. The standard InChI is InChI=1S/C8H7F2NO/c1-5-3-2-4-6(11-5)7(12)8(9)10/h2-4,8H,1H3. The molecule has 1 aromatic rings. The van der Waals surface area contributed by atoms with Crippen LogP contribution in [0.1, 0.15) is 16.2 Å². The summed E-state index contributed by atoms with van der Waals surface area (Å²) in [6.07, 6.45) is -2.97. The molecule has 0 bridgehead atoms. The molecule has 0 spiro atoms. The summed E-state index contributed by atoms with van der Waals surface area (Å²) in [5.41, 5.74) is 0.381. The topological polar surface area (TPSA) is 30.0 Å². The average Bonchev–Trinajstić information content (AvgIpc) is 2.03. The van der Waals surface area contributed by atoms with Gasteiger partial charge in [-0.05, 0) is 19.1 Å². The van der Waals surface area contributed by atoms with Crippen LogP contribution in [0.2, 0.25) is 0 Å². The molecule has 0 N–H and O–H groups in total. The molecule has 0 aromatic carbocycles. The number of Topliss-reactive ketones (excluding diaryl/α,β-unsaturated/α-hetero) is 1. The monoisotopic (exact) mass is 171 g/mol. The summed E-state index contributed by atoms with van der Waals surface area (Å²) in [5.74, 6) is -1.22. The summed E-state index contributed by atoms with van der Waals surface area (Å²) >= 11 is 0. The Bertz CT molecular complexity index is 299. The Morgan fingerprint density at radius 3 is 2.67 bits per heavy atom. The van der Waals surface area contributed by atoms with Gasteiger partial charge in [0.1, 0.15) is 5.69 Å². The van der Waals surface area contributed by atoms with Gasteiger partial charge in [0.05, 0.1) is 0 Å². The summed E-state index contributed by atoms with van der Waals surface area (Å²) in [5, 5.41) is 0. The molecule has 12 heavy (non-hydrogen) atoms. The number of halogens is 2. The summed E-state index contributed by atoms with van der Waals surface area (Å²) in [7, 11) is 0. The van der Waals surface area contributed by atoms with Crippen molar-refractivity contribution in [2.75, 3.05) is 0 Å². The number of alkyl halides is 2. The van der Waals surface area contributed by atoms with Crippen molar-refractivity contribution in [1.82, 2.24) is 4.98 Å². The van der Waals surface area contributed by atoms with Gasteiger partial charge < -0.3 is 0 Å². The van der Waals surface area contributed by atoms with Crippen molar-refractivity contribution in [1.29, 1.82) is 0 Å². The van der Waals surface area contributed by atoms with E-state index in [-0.39, 0.29) is 5.69 Å². The van der Waals surface area contributed by atoms with Crippen LogP contribution in [0.5, 0.6) is 0 Å². The van der Waals surface area contributed by atoms with Crippen LogP contribution >= 0.6 is 0 Å². The van der Waals surface area contributed by atoms with E-state index in [1.54, 1.807) is 13.0 Å². The summed E-state index contributed by atoms with van der Waals surface area (Å²) < 4.78 is 23.7. The molecule has 0 fully saturated rings. The second-order valence-electron chi connectivity index (χ2n) is 2.33. The van der Waals surface area contributed by atoms with Gasteiger partial charge in [-0.25, -0.2) is 13.8 Å². The Hall–Kier alpha value is -1.32. The van der Waals surface area contributed by atoms with Crippen molar-refractivity contribution >= 4 is 5.78 Å². The second kappa shape index (κ2) is 3.38. The normalized spacial score (nSPS) is 10.3. The smallest absolute Gasteiger partial charge is 0.286 e. The maximum absolute atomic E-state index is 11.9. The number of nitrogens with zero attached hydrogens (tertiary/aromatic N) is 1. The number of hydrogen-bond acceptors (Lipinski definition) is 2. The molecule has 2 nitrogen and oxygen atoms in total. The minimum Gasteiger partial charge on any atom is -0.286 e. The van der Waals surface area contributed by atoms with E-state index < -0.39 is 12.2 Å². The SMILES string of the molecule is Cc1cccc(C(=O)C(F)F)n1. The molecule has 0 unspecified atom stereocenters. The first kappa shape index (κ1) is 8.77. The van der Waals surface area contributed by atoms with E-state index in [9.17, 15) is 13.6 Å². The first-order chi connectivity index (χ1) is 5.61. The van der Waals surface area contributed by atoms with Gasteiger partial charge in [0.25, 0.3) is 0 Å². The number of ketones is 1. The third-order valence-electron chi connectivity index (χ3n) is 1.34. The van der Waals surface area contributed by atoms with Crippen molar-refractivity contribution in [3.05, 3.63) is 29.6 Å². The third kappa shape index (κ3) is 1.84. The lowest BCUT2D eigenvalue weighted by Gasteiger charge is -1.98. The molecule has 0 aliphatic rings. The zero-order valence-corrected chi connectivity index (χ0v) is 6.42. The maximum Gasteiger partial charge on any atom is 0.302 e. The zero-order chi connectivity index (χ0) is 9.14. The van der Waals surface area contributed by atoms with Crippen LogP contribution in [-0.4, -0.2) is 17.2 Å². The van der Waals surface area contributed by atoms with Crippen molar-refractivity contribution in [3.8, 4) is 0 Å². The number of aryl methyl sites for hydroxylation is 1. The number of carbonyl (C=O) groups is 1. The van der Waals surface area contributed by atoms with Crippen molar-refractivity contribution in [2.45, 2.75) is 13.3 Å². The molecule has 4 heteroatoms. The highest BCUT2D eigenvalue weighted by molar-refractivity contribution is 5.96. The Kier molecular flexibility index (Phi) is 2.47. The van der Waals surface area contributed by atoms with Crippen LogP contribution in [0, 0.1) is 6.92 Å². The predicted molar refractivity (Wildman–Crippen MR) is 39.3 cm³/mol. The van der Waals surface area contributed by atoms with Gasteiger partial charge >= 0.3 is 6.43 Å². The average molecular weight is 171 g/mol. The van der Waals surface area contributed by atoms with Crippen LogP contribution < -0.4 is 0 Å². The molecule has 1 aromatic heterocycles. The molecule has 0 saturated carbocycles. The van der Waals surface area contributed by atoms with Gasteiger partial charge in [-0.3, -0.25) is 4.79 Å². The molecular weight excluding hydrogens is 164 g/mol. The Morgan fingerprint density at radius 1 is 1.50 bits per heavy atom. The highest BCUT2D eigenvalue weighted by Crippen LogP contribution is 2.05. The first-order valence-corrected chi connectivity index (χ1v) is 3.37. The molecular formula is C8H7F2NO. The minimum atomic E-state index is -2.97. The quantitative estimate of drug-likeness (QED) is 0.635. The highest BCUT2D eigenvalue weighted by atomic mass is 19.3. The molecule has 0 atom stereocenters. The second-order valence-corrected chi connectivity index (χ2v) is 2.33. The summed E-state index contributed by atoms with van der Waals surface area (Å²) in [4.78, 5) is 14.3. The van der Waals surface area contributed by atoms with Gasteiger partial charge in [0.15, 0.2) is 0 Å². The molecule has 0 saturated heterocycles. The van der Waals surface area contributed by atoms with Gasteiger partial charge in [0.2, 0.25) is 5.78 Å². The number of rotatable bonds is 2. The van der Waals surface area contributed by atoms with Crippen molar-refractivity contribution in [2.24, 2.45) is 0 Å². The van der Waals surface area contributed by atoms with Crippen LogP contribution in [0.25, 0.3) is 0 Å². The lowest BCUT2D eigenvalue weighted by molar-refractivity contribution is 0.0673. The third-order valence-corrected chi connectivity index (χ3v) is 1.34. The maximum atomic E-state index is 11.9. The number of pyridine rings is 1. The highest BCUT2D eigenvalue weighted by Gasteiger charge is 2.18. The van der Waals surface area contributed by atoms with E-state index in [4.69, 9.17) is 0 Å². The number of carbonyl (C=O) groups excluding carboxylic acids is 1. The fraction of sp³-hybridized carbons (Fsp3) is 0.250. The van der Waals surface area contributed by atoms with Crippen molar-refractivity contribution < 1.29 is 13.6 Å². The van der Waals surface area contributed by atoms with Gasteiger partial charge in [-0.1, -0.05) is 6.07 Å². The molecule has 0 amide bonds. The molecule has 64 valence electrons. The van der Waals surface area contributed by atoms with Gasteiger partial charge in [-0.2, -0.15) is 0 Å².